The molecule has 0 aliphatic heterocycles. The van der Waals surface area contributed by atoms with Crippen LogP contribution in [0, 0.1) is 5.41 Å². The van der Waals surface area contributed by atoms with Crippen molar-refractivity contribution >= 4 is 30.0 Å². The van der Waals surface area contributed by atoms with Gasteiger partial charge in [0, 0.05) is 10.5 Å². The first kappa shape index (κ1) is 12.3. The van der Waals surface area contributed by atoms with Gasteiger partial charge in [0.15, 0.2) is 0 Å². The van der Waals surface area contributed by atoms with Gasteiger partial charge >= 0.3 is 0 Å². The van der Waals surface area contributed by atoms with Gasteiger partial charge in [0.1, 0.15) is 5.84 Å². The van der Waals surface area contributed by atoms with Crippen LogP contribution in [0.4, 0.5) is 0 Å². The maximum Gasteiger partial charge on any atom is 0.123 e. The van der Waals surface area contributed by atoms with Gasteiger partial charge in [0.2, 0.25) is 0 Å². The van der Waals surface area contributed by atoms with Gasteiger partial charge in [0.25, 0.3) is 0 Å². The number of halogens is 1. The van der Waals surface area contributed by atoms with Crippen molar-refractivity contribution in [3.8, 4) is 0 Å². The van der Waals surface area contributed by atoms with Gasteiger partial charge in [0.05, 0.1) is 0 Å². The quantitative estimate of drug-likeness (QED) is 0.464. The first-order valence-electron chi connectivity index (χ1n) is 3.82. The summed E-state index contributed by atoms with van der Waals surface area (Å²) in [4.78, 5) is 1.09. The van der Waals surface area contributed by atoms with Gasteiger partial charge in [-0.05, 0) is 11.8 Å². The molecular weight excluding hydrogens is 204 g/mol. The Labute approximate surface area is 88.8 Å². The van der Waals surface area contributed by atoms with Crippen molar-refractivity contribution in [2.75, 3.05) is 5.75 Å². The highest BCUT2D eigenvalue weighted by molar-refractivity contribution is 7.99. The molecule has 0 fully saturated rings. The molecule has 1 aromatic rings. The Bertz CT molecular complexity index is 289. The molecule has 0 atom stereocenters. The molecule has 0 amide bonds. The zero-order valence-electron chi connectivity index (χ0n) is 7.41. The second kappa shape index (κ2) is 5.89. The fourth-order valence-electron chi connectivity index (χ4n) is 0.971. The first-order valence-corrected chi connectivity index (χ1v) is 4.80. The van der Waals surface area contributed by atoms with E-state index in [1.807, 2.05) is 24.3 Å². The Balaban J connectivity index is 0.00000144. The van der Waals surface area contributed by atoms with Gasteiger partial charge in [-0.15, -0.1) is 24.2 Å². The first-order chi connectivity index (χ1) is 5.75. The minimum absolute atomic E-state index is 0. The van der Waals surface area contributed by atoms with E-state index in [0.29, 0.717) is 0 Å². The lowest BCUT2D eigenvalue weighted by Crippen LogP contribution is -2.11. The molecule has 1 rings (SSSR count). The van der Waals surface area contributed by atoms with Crippen LogP contribution in [0.1, 0.15) is 12.5 Å². The second-order valence-electron chi connectivity index (χ2n) is 2.34. The number of benzene rings is 1. The third-order valence-electron chi connectivity index (χ3n) is 1.48. The number of nitrogen functional groups attached to an aromatic ring is 1. The van der Waals surface area contributed by atoms with E-state index in [9.17, 15) is 0 Å². The molecule has 0 saturated heterocycles. The largest absolute Gasteiger partial charge is 0.384 e. The topological polar surface area (TPSA) is 49.9 Å². The molecule has 3 N–H and O–H groups in total. The van der Waals surface area contributed by atoms with Crippen molar-refractivity contribution in [3.05, 3.63) is 29.8 Å². The number of rotatable bonds is 3. The van der Waals surface area contributed by atoms with Crippen LogP contribution in [0.5, 0.6) is 0 Å². The summed E-state index contributed by atoms with van der Waals surface area (Å²) in [7, 11) is 0. The van der Waals surface area contributed by atoms with E-state index in [-0.39, 0.29) is 18.2 Å². The predicted molar refractivity (Wildman–Crippen MR) is 61.1 cm³/mol. The highest BCUT2D eigenvalue weighted by atomic mass is 35.5. The number of nitrogens with one attached hydrogen (secondary N) is 1. The van der Waals surface area contributed by atoms with E-state index < -0.39 is 0 Å². The monoisotopic (exact) mass is 216 g/mol. The van der Waals surface area contributed by atoms with Crippen LogP contribution < -0.4 is 5.73 Å². The molecule has 1 aromatic carbocycles. The summed E-state index contributed by atoms with van der Waals surface area (Å²) in [6.45, 7) is 2.08. The molecular formula is C9H13ClN2S. The van der Waals surface area contributed by atoms with Crippen molar-refractivity contribution in [1.82, 2.24) is 0 Å². The van der Waals surface area contributed by atoms with Crippen molar-refractivity contribution < 1.29 is 0 Å². The summed E-state index contributed by atoms with van der Waals surface area (Å²) in [6, 6.07) is 7.73. The third kappa shape index (κ3) is 3.28. The van der Waals surface area contributed by atoms with E-state index >= 15 is 0 Å². The maximum absolute atomic E-state index is 7.32. The smallest absolute Gasteiger partial charge is 0.123 e. The molecule has 0 aromatic heterocycles. The van der Waals surface area contributed by atoms with Crippen LogP contribution in [0.25, 0.3) is 0 Å². The van der Waals surface area contributed by atoms with Crippen LogP contribution in [-0.2, 0) is 0 Å². The molecule has 72 valence electrons. The van der Waals surface area contributed by atoms with Gasteiger partial charge in [-0.2, -0.15) is 0 Å². The van der Waals surface area contributed by atoms with Crippen LogP contribution >= 0.6 is 24.2 Å². The minimum atomic E-state index is 0. The molecule has 0 saturated carbocycles. The highest BCUT2D eigenvalue weighted by Crippen LogP contribution is 2.21. The molecule has 0 radical (unpaired) electrons. The molecule has 0 unspecified atom stereocenters. The fraction of sp³-hybridized carbons (Fsp3) is 0.222. The Morgan fingerprint density at radius 1 is 1.46 bits per heavy atom. The fourth-order valence-corrected chi connectivity index (χ4v) is 1.79. The van der Waals surface area contributed by atoms with Crippen LogP contribution in [-0.4, -0.2) is 11.6 Å². The molecule has 0 aliphatic carbocycles. The predicted octanol–water partition coefficient (Wildman–Crippen LogP) is 2.50. The Morgan fingerprint density at radius 2 is 2.08 bits per heavy atom. The summed E-state index contributed by atoms with van der Waals surface area (Å²) >= 11 is 1.71. The van der Waals surface area contributed by atoms with E-state index in [0.717, 1.165) is 16.2 Å². The van der Waals surface area contributed by atoms with Crippen molar-refractivity contribution in [3.63, 3.8) is 0 Å². The van der Waals surface area contributed by atoms with Crippen LogP contribution in [0.2, 0.25) is 0 Å². The zero-order chi connectivity index (χ0) is 8.97. The van der Waals surface area contributed by atoms with Crippen molar-refractivity contribution in [2.45, 2.75) is 11.8 Å². The summed E-state index contributed by atoms with van der Waals surface area (Å²) in [5, 5.41) is 7.32. The minimum Gasteiger partial charge on any atom is -0.384 e. The third-order valence-corrected chi connectivity index (χ3v) is 2.43. The molecule has 0 heterocycles. The maximum atomic E-state index is 7.32. The second-order valence-corrected chi connectivity index (χ2v) is 3.65. The number of thioether (sulfide) groups is 1. The van der Waals surface area contributed by atoms with Crippen LogP contribution in [0.3, 0.4) is 0 Å². The standard InChI is InChI=1S/C9H12N2S.ClH/c1-2-12-8-6-4-3-5-7(8)9(10)11;/h3-6H,2H2,1H3,(H3,10,11);1H. The van der Waals surface area contributed by atoms with Gasteiger partial charge in [-0.25, -0.2) is 0 Å². The zero-order valence-corrected chi connectivity index (χ0v) is 9.04. The number of nitrogens with two attached hydrogens (primary N) is 1. The lowest BCUT2D eigenvalue weighted by Gasteiger charge is -2.04. The summed E-state index contributed by atoms with van der Waals surface area (Å²) in [6.07, 6.45) is 0. The molecule has 13 heavy (non-hydrogen) atoms. The molecule has 2 nitrogen and oxygen atoms in total. The van der Waals surface area contributed by atoms with Gasteiger partial charge < -0.3 is 5.73 Å². The Hall–Kier alpha value is -0.670. The Morgan fingerprint density at radius 3 is 2.62 bits per heavy atom. The lowest BCUT2D eigenvalue weighted by atomic mass is 10.2. The van der Waals surface area contributed by atoms with E-state index in [1.165, 1.54) is 0 Å². The molecule has 0 bridgehead atoms. The number of hydrogen-bond acceptors (Lipinski definition) is 2. The summed E-state index contributed by atoms with van der Waals surface area (Å²) in [5.41, 5.74) is 6.25. The van der Waals surface area contributed by atoms with Crippen molar-refractivity contribution in [1.29, 1.82) is 5.41 Å². The Kier molecular flexibility index (Phi) is 5.58. The van der Waals surface area contributed by atoms with Gasteiger partial charge in [-0.1, -0.05) is 25.1 Å². The number of hydrogen-bond donors (Lipinski definition) is 2. The molecule has 4 heteroatoms. The SMILES string of the molecule is CCSc1ccccc1C(=N)N.Cl. The van der Waals surface area contributed by atoms with E-state index in [2.05, 4.69) is 6.92 Å². The van der Waals surface area contributed by atoms with Crippen LogP contribution in [0.15, 0.2) is 29.2 Å². The highest BCUT2D eigenvalue weighted by Gasteiger charge is 2.02. The normalized spacial score (nSPS) is 9.00. The molecule has 0 spiro atoms. The summed E-state index contributed by atoms with van der Waals surface area (Å²) in [5.74, 6) is 1.15. The van der Waals surface area contributed by atoms with Gasteiger partial charge in [-0.3, -0.25) is 5.41 Å². The van der Waals surface area contributed by atoms with E-state index in [4.69, 9.17) is 11.1 Å². The van der Waals surface area contributed by atoms with Crippen molar-refractivity contribution in [2.24, 2.45) is 5.73 Å². The lowest BCUT2D eigenvalue weighted by molar-refractivity contribution is 1.34. The number of amidine groups is 1. The average molecular weight is 217 g/mol. The van der Waals surface area contributed by atoms with E-state index in [1.54, 1.807) is 11.8 Å². The average Bonchev–Trinajstić information content (AvgIpc) is 2.05. The molecule has 0 aliphatic rings. The summed E-state index contributed by atoms with van der Waals surface area (Å²) < 4.78 is 0.